The van der Waals surface area contributed by atoms with Crippen LogP contribution in [0, 0.1) is 0 Å². The standard InChI is InChI=1S/C18H18N2O2/c1-2-22-17-10-8-14(9-11-17)18-15(13-21)12-20(19-18)16-6-4-3-5-7-16/h3-12,21H,2,13H2,1H3. The predicted octanol–water partition coefficient (Wildman–Crippen LogP) is 3.43. The van der Waals surface area contributed by atoms with Gasteiger partial charge >= 0.3 is 0 Å². The molecule has 0 atom stereocenters. The highest BCUT2D eigenvalue weighted by Gasteiger charge is 2.11. The van der Waals surface area contributed by atoms with Crippen LogP contribution in [0.5, 0.6) is 5.75 Å². The van der Waals surface area contributed by atoms with Crippen molar-refractivity contribution in [2.45, 2.75) is 13.5 Å². The Morgan fingerprint density at radius 3 is 2.41 bits per heavy atom. The minimum atomic E-state index is -0.0463. The lowest BCUT2D eigenvalue weighted by Gasteiger charge is -2.04. The van der Waals surface area contributed by atoms with Gasteiger partial charge in [0.2, 0.25) is 0 Å². The van der Waals surface area contributed by atoms with E-state index in [-0.39, 0.29) is 6.61 Å². The Morgan fingerprint density at radius 1 is 1.05 bits per heavy atom. The molecule has 112 valence electrons. The lowest BCUT2D eigenvalue weighted by Crippen LogP contribution is -1.94. The summed E-state index contributed by atoms with van der Waals surface area (Å²) in [5.41, 5.74) is 3.51. The summed E-state index contributed by atoms with van der Waals surface area (Å²) in [5.74, 6) is 0.833. The lowest BCUT2D eigenvalue weighted by atomic mass is 10.1. The zero-order valence-corrected chi connectivity index (χ0v) is 12.4. The summed E-state index contributed by atoms with van der Waals surface area (Å²) in [4.78, 5) is 0. The van der Waals surface area contributed by atoms with Crippen molar-refractivity contribution in [2.75, 3.05) is 6.61 Å². The molecule has 0 aliphatic rings. The van der Waals surface area contributed by atoms with Crippen molar-refractivity contribution < 1.29 is 9.84 Å². The Balaban J connectivity index is 1.98. The number of ether oxygens (including phenoxy) is 1. The van der Waals surface area contributed by atoms with Crippen LogP contribution in [0.2, 0.25) is 0 Å². The van der Waals surface area contributed by atoms with E-state index >= 15 is 0 Å². The monoisotopic (exact) mass is 294 g/mol. The molecule has 0 spiro atoms. The average molecular weight is 294 g/mol. The molecular formula is C18H18N2O2. The van der Waals surface area contributed by atoms with Crippen molar-refractivity contribution in [1.82, 2.24) is 9.78 Å². The van der Waals surface area contributed by atoms with Crippen LogP contribution >= 0.6 is 0 Å². The van der Waals surface area contributed by atoms with E-state index in [4.69, 9.17) is 4.74 Å². The molecule has 0 aliphatic heterocycles. The predicted molar refractivity (Wildman–Crippen MR) is 86.1 cm³/mol. The molecule has 22 heavy (non-hydrogen) atoms. The van der Waals surface area contributed by atoms with Gasteiger partial charge in [0, 0.05) is 17.3 Å². The minimum Gasteiger partial charge on any atom is -0.494 e. The molecule has 0 unspecified atom stereocenters. The van der Waals surface area contributed by atoms with Gasteiger partial charge in [0.15, 0.2) is 0 Å². The third-order valence-electron chi connectivity index (χ3n) is 3.42. The van der Waals surface area contributed by atoms with Crippen molar-refractivity contribution in [3.63, 3.8) is 0 Å². The molecule has 0 saturated heterocycles. The molecule has 1 aromatic heterocycles. The van der Waals surface area contributed by atoms with Gasteiger partial charge in [-0.1, -0.05) is 18.2 Å². The first kappa shape index (κ1) is 14.4. The fourth-order valence-electron chi connectivity index (χ4n) is 2.36. The number of nitrogens with zero attached hydrogens (tertiary/aromatic N) is 2. The SMILES string of the molecule is CCOc1ccc(-c2nn(-c3ccccc3)cc2CO)cc1. The third kappa shape index (κ3) is 2.87. The smallest absolute Gasteiger partial charge is 0.119 e. The summed E-state index contributed by atoms with van der Waals surface area (Å²) in [6.07, 6.45) is 1.86. The number of aliphatic hydroxyl groups is 1. The molecular weight excluding hydrogens is 276 g/mol. The van der Waals surface area contributed by atoms with Gasteiger partial charge in [-0.2, -0.15) is 5.10 Å². The number of rotatable bonds is 5. The van der Waals surface area contributed by atoms with Crippen LogP contribution in [0.3, 0.4) is 0 Å². The lowest BCUT2D eigenvalue weighted by molar-refractivity contribution is 0.282. The van der Waals surface area contributed by atoms with Gasteiger partial charge in [-0.05, 0) is 43.3 Å². The molecule has 0 amide bonds. The summed E-state index contributed by atoms with van der Waals surface area (Å²) in [5, 5.41) is 14.2. The number of benzene rings is 2. The van der Waals surface area contributed by atoms with E-state index in [1.807, 2.05) is 67.7 Å². The highest BCUT2D eigenvalue weighted by atomic mass is 16.5. The summed E-state index contributed by atoms with van der Waals surface area (Å²) in [6.45, 7) is 2.55. The van der Waals surface area contributed by atoms with Crippen LogP contribution in [-0.2, 0) is 6.61 Å². The molecule has 3 rings (SSSR count). The van der Waals surface area contributed by atoms with Gasteiger partial charge in [-0.3, -0.25) is 0 Å². The zero-order valence-electron chi connectivity index (χ0n) is 12.4. The van der Waals surface area contributed by atoms with E-state index in [9.17, 15) is 5.11 Å². The maximum Gasteiger partial charge on any atom is 0.119 e. The molecule has 1 N–H and O–H groups in total. The molecule has 4 nitrogen and oxygen atoms in total. The number of hydrogen-bond acceptors (Lipinski definition) is 3. The minimum absolute atomic E-state index is 0.0463. The van der Waals surface area contributed by atoms with Crippen LogP contribution in [0.15, 0.2) is 60.8 Å². The molecule has 0 aliphatic carbocycles. The van der Waals surface area contributed by atoms with Crippen molar-refractivity contribution in [3.8, 4) is 22.7 Å². The summed E-state index contributed by atoms with van der Waals surface area (Å²) >= 11 is 0. The van der Waals surface area contributed by atoms with Crippen molar-refractivity contribution >= 4 is 0 Å². The van der Waals surface area contributed by atoms with Crippen molar-refractivity contribution in [3.05, 3.63) is 66.4 Å². The zero-order chi connectivity index (χ0) is 15.4. The highest BCUT2D eigenvalue weighted by molar-refractivity contribution is 5.64. The first-order chi connectivity index (χ1) is 10.8. The van der Waals surface area contributed by atoms with E-state index in [0.717, 1.165) is 28.3 Å². The Labute approximate surface area is 129 Å². The first-order valence-electron chi connectivity index (χ1n) is 7.30. The van der Waals surface area contributed by atoms with Crippen LogP contribution < -0.4 is 4.74 Å². The Morgan fingerprint density at radius 2 is 1.77 bits per heavy atom. The maximum absolute atomic E-state index is 9.60. The summed E-state index contributed by atoms with van der Waals surface area (Å²) in [6, 6.07) is 17.6. The molecule has 2 aromatic carbocycles. The largest absolute Gasteiger partial charge is 0.494 e. The van der Waals surface area contributed by atoms with Gasteiger partial charge in [-0.25, -0.2) is 4.68 Å². The number of hydrogen-bond donors (Lipinski definition) is 1. The van der Waals surface area contributed by atoms with E-state index in [0.29, 0.717) is 6.61 Å². The Hall–Kier alpha value is -2.59. The number of aromatic nitrogens is 2. The topological polar surface area (TPSA) is 47.3 Å². The molecule has 0 fully saturated rings. The van der Waals surface area contributed by atoms with Crippen molar-refractivity contribution in [1.29, 1.82) is 0 Å². The van der Waals surface area contributed by atoms with Crippen LogP contribution in [-0.4, -0.2) is 21.5 Å². The highest BCUT2D eigenvalue weighted by Crippen LogP contribution is 2.25. The maximum atomic E-state index is 9.60. The van der Waals surface area contributed by atoms with Gasteiger partial charge < -0.3 is 9.84 Å². The van der Waals surface area contributed by atoms with Gasteiger partial charge in [0.25, 0.3) is 0 Å². The summed E-state index contributed by atoms with van der Waals surface area (Å²) in [7, 11) is 0. The number of aliphatic hydroxyl groups excluding tert-OH is 1. The van der Waals surface area contributed by atoms with E-state index in [1.54, 1.807) is 4.68 Å². The normalized spacial score (nSPS) is 10.6. The quantitative estimate of drug-likeness (QED) is 0.784. The molecule has 0 saturated carbocycles. The van der Waals surface area contributed by atoms with Crippen molar-refractivity contribution in [2.24, 2.45) is 0 Å². The van der Waals surface area contributed by atoms with E-state index in [2.05, 4.69) is 5.10 Å². The van der Waals surface area contributed by atoms with Gasteiger partial charge in [-0.15, -0.1) is 0 Å². The molecule has 0 radical (unpaired) electrons. The van der Waals surface area contributed by atoms with E-state index in [1.165, 1.54) is 0 Å². The second-order valence-electron chi connectivity index (χ2n) is 4.90. The van der Waals surface area contributed by atoms with Crippen LogP contribution in [0.4, 0.5) is 0 Å². The average Bonchev–Trinajstić information content (AvgIpc) is 3.01. The van der Waals surface area contributed by atoms with E-state index < -0.39 is 0 Å². The van der Waals surface area contributed by atoms with Crippen LogP contribution in [0.25, 0.3) is 16.9 Å². The second-order valence-corrected chi connectivity index (χ2v) is 4.90. The third-order valence-corrected chi connectivity index (χ3v) is 3.42. The van der Waals surface area contributed by atoms with Gasteiger partial charge in [0.1, 0.15) is 5.75 Å². The molecule has 1 heterocycles. The summed E-state index contributed by atoms with van der Waals surface area (Å²) < 4.78 is 7.24. The second kappa shape index (κ2) is 6.45. The van der Waals surface area contributed by atoms with Crippen LogP contribution in [0.1, 0.15) is 12.5 Å². The molecule has 4 heteroatoms. The molecule has 3 aromatic rings. The fourth-order valence-corrected chi connectivity index (χ4v) is 2.36. The number of para-hydroxylation sites is 1. The first-order valence-corrected chi connectivity index (χ1v) is 7.30. The van der Waals surface area contributed by atoms with Gasteiger partial charge in [0.05, 0.1) is 24.6 Å². The fraction of sp³-hybridized carbons (Fsp3) is 0.167. The molecule has 0 bridgehead atoms. The Kier molecular flexibility index (Phi) is 4.21. The Bertz CT molecular complexity index is 734.